The third kappa shape index (κ3) is 4.31. The van der Waals surface area contributed by atoms with Crippen LogP contribution >= 0.6 is 12.2 Å². The Morgan fingerprint density at radius 1 is 1.39 bits per heavy atom. The zero-order valence-corrected chi connectivity index (χ0v) is 11.4. The lowest BCUT2D eigenvalue weighted by atomic mass is 10.1. The molecule has 0 aliphatic carbocycles. The Hall–Kier alpha value is -1.07. The van der Waals surface area contributed by atoms with E-state index >= 15 is 0 Å². The predicted octanol–water partition coefficient (Wildman–Crippen LogP) is 2.63. The van der Waals surface area contributed by atoms with Gasteiger partial charge in [-0.25, -0.2) is 0 Å². The molecule has 18 heavy (non-hydrogen) atoms. The number of nitrogens with two attached hydrogens (primary N) is 1. The molecule has 0 spiro atoms. The van der Waals surface area contributed by atoms with Crippen molar-refractivity contribution in [2.45, 2.75) is 12.8 Å². The first-order chi connectivity index (χ1) is 8.33. The highest BCUT2D eigenvalue weighted by Crippen LogP contribution is 2.28. The first kappa shape index (κ1) is 15.0. The van der Waals surface area contributed by atoms with E-state index in [1.807, 2.05) is 6.92 Å². The summed E-state index contributed by atoms with van der Waals surface area (Å²) < 4.78 is 27.9. The van der Waals surface area contributed by atoms with Crippen LogP contribution in [0.15, 0.2) is 30.3 Å². The summed E-state index contributed by atoms with van der Waals surface area (Å²) in [6, 6.07) is 7.82. The minimum Gasteiger partial charge on any atom is -0.393 e. The normalized spacial score (nSPS) is 13.6. The molecule has 0 bridgehead atoms. The van der Waals surface area contributed by atoms with Gasteiger partial charge in [-0.2, -0.15) is 8.78 Å². The molecule has 1 rings (SSSR count). The molecule has 100 valence electrons. The molecule has 0 saturated heterocycles. The number of rotatable bonds is 6. The van der Waals surface area contributed by atoms with Gasteiger partial charge in [0, 0.05) is 18.0 Å². The topological polar surface area (TPSA) is 29.3 Å². The molecular weight excluding hydrogens is 254 g/mol. The minimum absolute atomic E-state index is 0.0276. The Morgan fingerprint density at radius 2 is 1.94 bits per heavy atom. The monoisotopic (exact) mass is 272 g/mol. The van der Waals surface area contributed by atoms with E-state index in [4.69, 9.17) is 18.0 Å². The van der Waals surface area contributed by atoms with Crippen molar-refractivity contribution in [3.05, 3.63) is 35.9 Å². The van der Waals surface area contributed by atoms with Gasteiger partial charge in [-0.15, -0.1) is 0 Å². The Labute approximate surface area is 112 Å². The Kier molecular flexibility index (Phi) is 5.16. The summed E-state index contributed by atoms with van der Waals surface area (Å²) in [7, 11) is 1.64. The van der Waals surface area contributed by atoms with Crippen LogP contribution in [0.25, 0.3) is 0 Å². The van der Waals surface area contributed by atoms with Crippen molar-refractivity contribution in [1.82, 2.24) is 4.90 Å². The summed E-state index contributed by atoms with van der Waals surface area (Å²) in [6.07, 6.45) is 0. The van der Waals surface area contributed by atoms with E-state index in [0.717, 1.165) is 0 Å². The number of halogens is 2. The molecule has 0 fully saturated rings. The van der Waals surface area contributed by atoms with Crippen molar-refractivity contribution < 1.29 is 8.78 Å². The molecule has 0 aliphatic heterocycles. The van der Waals surface area contributed by atoms with Crippen LogP contribution in [0, 0.1) is 5.92 Å². The molecule has 2 nitrogen and oxygen atoms in total. The second-order valence-corrected chi connectivity index (χ2v) is 5.04. The zero-order valence-electron chi connectivity index (χ0n) is 10.6. The third-order valence-electron chi connectivity index (χ3n) is 2.74. The summed E-state index contributed by atoms with van der Waals surface area (Å²) in [5.41, 5.74) is 5.50. The summed E-state index contributed by atoms with van der Waals surface area (Å²) in [4.78, 5) is 1.90. The van der Waals surface area contributed by atoms with E-state index in [1.165, 1.54) is 12.1 Å². The van der Waals surface area contributed by atoms with Crippen LogP contribution in [-0.2, 0) is 5.92 Å². The summed E-state index contributed by atoms with van der Waals surface area (Å²) in [5.74, 6) is -2.94. The van der Waals surface area contributed by atoms with Crippen molar-refractivity contribution in [2.75, 3.05) is 20.1 Å². The molecule has 0 heterocycles. The summed E-state index contributed by atoms with van der Waals surface area (Å²) in [5, 5.41) is 0. The fourth-order valence-electron chi connectivity index (χ4n) is 1.73. The number of benzene rings is 1. The average molecular weight is 272 g/mol. The van der Waals surface area contributed by atoms with Crippen LogP contribution in [-0.4, -0.2) is 30.0 Å². The Balaban J connectivity index is 2.63. The molecule has 0 aromatic heterocycles. The molecule has 1 unspecified atom stereocenters. The lowest BCUT2D eigenvalue weighted by molar-refractivity contribution is -0.0331. The number of likely N-dealkylation sites (N-methyl/N-ethyl adjacent to an activating group) is 1. The van der Waals surface area contributed by atoms with Crippen LogP contribution in [0.1, 0.15) is 12.5 Å². The molecule has 5 heteroatoms. The third-order valence-corrected chi connectivity index (χ3v) is 3.14. The lowest BCUT2D eigenvalue weighted by Gasteiger charge is -2.26. The Morgan fingerprint density at radius 3 is 2.44 bits per heavy atom. The predicted molar refractivity (Wildman–Crippen MR) is 73.8 cm³/mol. The average Bonchev–Trinajstić information content (AvgIpc) is 2.29. The summed E-state index contributed by atoms with van der Waals surface area (Å²) >= 11 is 4.84. The van der Waals surface area contributed by atoms with E-state index in [1.54, 1.807) is 30.1 Å². The minimum atomic E-state index is -2.87. The molecule has 1 atom stereocenters. The molecule has 0 amide bonds. The molecular formula is C13H18F2N2S. The molecule has 0 saturated carbocycles. The van der Waals surface area contributed by atoms with Gasteiger partial charge >= 0.3 is 0 Å². The largest absolute Gasteiger partial charge is 0.393 e. The van der Waals surface area contributed by atoms with Gasteiger partial charge in [0.05, 0.1) is 11.5 Å². The molecule has 0 aliphatic rings. The second kappa shape index (κ2) is 6.20. The van der Waals surface area contributed by atoms with Crippen molar-refractivity contribution in [2.24, 2.45) is 11.7 Å². The Bertz CT molecular complexity index is 395. The zero-order chi connectivity index (χ0) is 13.8. The van der Waals surface area contributed by atoms with Crippen molar-refractivity contribution in [3.63, 3.8) is 0 Å². The number of alkyl halides is 2. The van der Waals surface area contributed by atoms with Gasteiger partial charge in [0.25, 0.3) is 5.92 Å². The highest BCUT2D eigenvalue weighted by Gasteiger charge is 2.33. The van der Waals surface area contributed by atoms with Crippen molar-refractivity contribution >= 4 is 17.2 Å². The first-order valence-electron chi connectivity index (χ1n) is 5.74. The van der Waals surface area contributed by atoms with Gasteiger partial charge in [0.2, 0.25) is 0 Å². The standard InChI is InChI=1S/C13H18F2N2S/c1-10(12(16)18)8-17(2)9-13(14,15)11-6-4-3-5-7-11/h3-7,10H,8-9H2,1-2H3,(H2,16,18). The van der Waals surface area contributed by atoms with Crippen LogP contribution in [0.5, 0.6) is 0 Å². The van der Waals surface area contributed by atoms with Gasteiger partial charge in [-0.05, 0) is 7.05 Å². The van der Waals surface area contributed by atoms with E-state index < -0.39 is 5.92 Å². The fourth-order valence-corrected chi connectivity index (χ4v) is 1.81. The number of thiocarbonyl (C=S) groups is 1. The van der Waals surface area contributed by atoms with E-state index in [-0.39, 0.29) is 18.0 Å². The highest BCUT2D eigenvalue weighted by atomic mass is 32.1. The second-order valence-electron chi connectivity index (χ2n) is 4.57. The number of hydrogen-bond acceptors (Lipinski definition) is 2. The first-order valence-corrected chi connectivity index (χ1v) is 6.15. The van der Waals surface area contributed by atoms with Gasteiger partial charge in [-0.1, -0.05) is 49.5 Å². The quantitative estimate of drug-likeness (QED) is 0.807. The van der Waals surface area contributed by atoms with E-state index in [2.05, 4.69) is 0 Å². The fraction of sp³-hybridized carbons (Fsp3) is 0.462. The van der Waals surface area contributed by atoms with Crippen LogP contribution in [0.4, 0.5) is 8.78 Å². The summed E-state index contributed by atoms with van der Waals surface area (Å²) in [6.45, 7) is 1.92. The van der Waals surface area contributed by atoms with Crippen molar-refractivity contribution in [1.29, 1.82) is 0 Å². The van der Waals surface area contributed by atoms with Crippen LogP contribution < -0.4 is 5.73 Å². The van der Waals surface area contributed by atoms with Gasteiger partial charge in [-0.3, -0.25) is 4.90 Å². The molecule has 1 aromatic rings. The molecule has 2 N–H and O–H groups in total. The van der Waals surface area contributed by atoms with Crippen molar-refractivity contribution in [3.8, 4) is 0 Å². The van der Waals surface area contributed by atoms with E-state index in [0.29, 0.717) is 11.5 Å². The van der Waals surface area contributed by atoms with Gasteiger partial charge in [0.1, 0.15) is 0 Å². The number of hydrogen-bond donors (Lipinski definition) is 1. The van der Waals surface area contributed by atoms with Gasteiger partial charge < -0.3 is 5.73 Å². The van der Waals surface area contributed by atoms with Crippen LogP contribution in [0.3, 0.4) is 0 Å². The maximum Gasteiger partial charge on any atom is 0.285 e. The molecule has 0 radical (unpaired) electrons. The van der Waals surface area contributed by atoms with Gasteiger partial charge in [0.15, 0.2) is 0 Å². The highest BCUT2D eigenvalue weighted by molar-refractivity contribution is 7.80. The maximum atomic E-state index is 14.0. The molecule has 1 aromatic carbocycles. The lowest BCUT2D eigenvalue weighted by Crippen LogP contribution is -2.37. The smallest absolute Gasteiger partial charge is 0.285 e. The number of nitrogens with zero attached hydrogens (tertiary/aromatic N) is 1. The van der Waals surface area contributed by atoms with E-state index in [9.17, 15) is 8.78 Å². The van der Waals surface area contributed by atoms with Crippen LogP contribution in [0.2, 0.25) is 0 Å². The maximum absolute atomic E-state index is 14.0. The SMILES string of the molecule is CC(CN(C)CC(F)(F)c1ccccc1)C(N)=S.